The zero-order valence-corrected chi connectivity index (χ0v) is 12.6. The maximum Gasteiger partial charge on any atom is 0.0478 e. The van der Waals surface area contributed by atoms with Crippen LogP contribution in [0.4, 0.5) is 0 Å². The van der Waals surface area contributed by atoms with Crippen molar-refractivity contribution >= 4 is 11.3 Å². The van der Waals surface area contributed by atoms with Gasteiger partial charge < -0.3 is 5.73 Å². The van der Waals surface area contributed by atoms with Crippen molar-refractivity contribution in [3.63, 3.8) is 0 Å². The van der Waals surface area contributed by atoms with Crippen molar-refractivity contribution in [2.24, 2.45) is 11.1 Å². The molecule has 0 radical (unpaired) electrons. The zero-order valence-electron chi connectivity index (χ0n) is 11.8. The molecule has 1 saturated heterocycles. The van der Waals surface area contributed by atoms with Gasteiger partial charge in [-0.1, -0.05) is 19.3 Å². The summed E-state index contributed by atoms with van der Waals surface area (Å²) in [5, 5.41) is 4.44. The summed E-state index contributed by atoms with van der Waals surface area (Å²) in [4.78, 5) is 2.63. The van der Waals surface area contributed by atoms with Crippen LogP contribution in [0.3, 0.4) is 0 Å². The van der Waals surface area contributed by atoms with E-state index in [1.54, 1.807) is 11.3 Å². The summed E-state index contributed by atoms with van der Waals surface area (Å²) in [5.74, 6) is 0. The van der Waals surface area contributed by atoms with Gasteiger partial charge in [0.1, 0.15) is 0 Å². The lowest BCUT2D eigenvalue weighted by atomic mass is 9.68. The molecule has 2 N–H and O–H groups in total. The molecule has 1 aromatic rings. The van der Waals surface area contributed by atoms with Crippen LogP contribution in [0, 0.1) is 5.41 Å². The molecule has 2 heterocycles. The molecule has 0 amide bonds. The van der Waals surface area contributed by atoms with E-state index in [2.05, 4.69) is 21.7 Å². The number of nitrogens with two attached hydrogens (primary N) is 1. The number of likely N-dealkylation sites (tertiary alicyclic amines) is 1. The molecule has 2 aliphatic rings. The molecule has 19 heavy (non-hydrogen) atoms. The van der Waals surface area contributed by atoms with E-state index in [4.69, 9.17) is 5.73 Å². The highest BCUT2D eigenvalue weighted by Crippen LogP contribution is 2.45. The van der Waals surface area contributed by atoms with Gasteiger partial charge in [0, 0.05) is 12.6 Å². The number of hydrogen-bond acceptors (Lipinski definition) is 3. The Morgan fingerprint density at radius 1 is 1.16 bits per heavy atom. The standard InChI is InChI=1S/C16H26N2S/c17-12-15(14-4-11-19-13-14)18-9-7-16(8-10-18)5-2-1-3-6-16/h4,11,13,15H,1-3,5-10,12,17H2. The fourth-order valence-electron chi connectivity index (χ4n) is 4.07. The van der Waals surface area contributed by atoms with Crippen LogP contribution in [-0.2, 0) is 0 Å². The second kappa shape index (κ2) is 5.94. The van der Waals surface area contributed by atoms with Crippen LogP contribution in [0.25, 0.3) is 0 Å². The van der Waals surface area contributed by atoms with Gasteiger partial charge in [0.25, 0.3) is 0 Å². The van der Waals surface area contributed by atoms with Crippen molar-refractivity contribution in [1.82, 2.24) is 4.90 Å². The Bertz CT molecular complexity index is 371. The fraction of sp³-hybridized carbons (Fsp3) is 0.750. The van der Waals surface area contributed by atoms with E-state index in [-0.39, 0.29) is 0 Å². The van der Waals surface area contributed by atoms with E-state index in [9.17, 15) is 0 Å². The Morgan fingerprint density at radius 2 is 1.89 bits per heavy atom. The highest BCUT2D eigenvalue weighted by Gasteiger charge is 2.37. The maximum atomic E-state index is 6.03. The Morgan fingerprint density at radius 3 is 2.47 bits per heavy atom. The summed E-state index contributed by atoms with van der Waals surface area (Å²) in [6, 6.07) is 2.69. The summed E-state index contributed by atoms with van der Waals surface area (Å²) >= 11 is 1.79. The molecule has 1 aromatic heterocycles. The normalized spacial score (nSPS) is 25.5. The van der Waals surface area contributed by atoms with E-state index in [1.807, 2.05) is 0 Å². The largest absolute Gasteiger partial charge is 0.329 e. The van der Waals surface area contributed by atoms with Gasteiger partial charge in [-0.2, -0.15) is 11.3 Å². The van der Waals surface area contributed by atoms with E-state index in [0.29, 0.717) is 11.5 Å². The molecule has 1 aliphatic carbocycles. The molecular weight excluding hydrogens is 252 g/mol. The first-order valence-electron chi connectivity index (χ1n) is 7.79. The van der Waals surface area contributed by atoms with Crippen molar-refractivity contribution in [3.8, 4) is 0 Å². The topological polar surface area (TPSA) is 29.3 Å². The van der Waals surface area contributed by atoms with E-state index in [0.717, 1.165) is 6.54 Å². The lowest BCUT2D eigenvalue weighted by Gasteiger charge is -2.46. The van der Waals surface area contributed by atoms with Crippen LogP contribution in [0.2, 0.25) is 0 Å². The van der Waals surface area contributed by atoms with Crippen molar-refractivity contribution in [2.45, 2.75) is 51.0 Å². The Hall–Kier alpha value is -0.380. The average Bonchev–Trinajstić information content (AvgIpc) is 2.97. The number of piperidine rings is 1. The minimum atomic E-state index is 0.451. The predicted molar refractivity (Wildman–Crippen MR) is 82.4 cm³/mol. The molecule has 106 valence electrons. The Kier molecular flexibility index (Phi) is 4.25. The smallest absolute Gasteiger partial charge is 0.0478 e. The SMILES string of the molecule is NCC(c1ccsc1)N1CCC2(CCCCC2)CC1. The van der Waals surface area contributed by atoms with Crippen LogP contribution < -0.4 is 5.73 Å². The molecule has 1 spiro atoms. The maximum absolute atomic E-state index is 6.03. The highest BCUT2D eigenvalue weighted by molar-refractivity contribution is 7.07. The third-order valence-electron chi connectivity index (χ3n) is 5.36. The highest BCUT2D eigenvalue weighted by atomic mass is 32.1. The first kappa shape index (κ1) is 13.6. The van der Waals surface area contributed by atoms with Gasteiger partial charge in [-0.3, -0.25) is 4.90 Å². The first-order valence-corrected chi connectivity index (χ1v) is 8.73. The third kappa shape index (κ3) is 2.88. The van der Waals surface area contributed by atoms with Gasteiger partial charge in [0.05, 0.1) is 0 Å². The monoisotopic (exact) mass is 278 g/mol. The van der Waals surface area contributed by atoms with Gasteiger partial charge in [-0.15, -0.1) is 0 Å². The molecule has 0 bridgehead atoms. The third-order valence-corrected chi connectivity index (χ3v) is 6.07. The number of rotatable bonds is 3. The van der Waals surface area contributed by atoms with E-state index in [1.165, 1.54) is 63.6 Å². The van der Waals surface area contributed by atoms with Gasteiger partial charge in [-0.25, -0.2) is 0 Å². The first-order chi connectivity index (χ1) is 9.33. The van der Waals surface area contributed by atoms with Crippen molar-refractivity contribution < 1.29 is 0 Å². The quantitative estimate of drug-likeness (QED) is 0.911. The summed E-state index contributed by atoms with van der Waals surface area (Å²) in [6.07, 6.45) is 10.1. The minimum absolute atomic E-state index is 0.451. The van der Waals surface area contributed by atoms with E-state index < -0.39 is 0 Å². The summed E-state index contributed by atoms with van der Waals surface area (Å²) < 4.78 is 0. The van der Waals surface area contributed by atoms with Crippen LogP contribution in [0.1, 0.15) is 56.6 Å². The van der Waals surface area contributed by atoms with Crippen molar-refractivity contribution in [3.05, 3.63) is 22.4 Å². The van der Waals surface area contributed by atoms with Gasteiger partial charge in [0.2, 0.25) is 0 Å². The molecule has 3 rings (SSSR count). The van der Waals surface area contributed by atoms with Crippen LogP contribution in [0.5, 0.6) is 0 Å². The number of thiophene rings is 1. The molecule has 1 saturated carbocycles. The Balaban J connectivity index is 1.62. The second-order valence-electron chi connectivity index (χ2n) is 6.40. The average molecular weight is 278 g/mol. The second-order valence-corrected chi connectivity index (χ2v) is 7.18. The van der Waals surface area contributed by atoms with Crippen LogP contribution in [0.15, 0.2) is 16.8 Å². The zero-order chi connectivity index (χ0) is 13.1. The summed E-state index contributed by atoms with van der Waals surface area (Å²) in [6.45, 7) is 3.25. The van der Waals surface area contributed by atoms with Crippen molar-refractivity contribution in [1.29, 1.82) is 0 Å². The van der Waals surface area contributed by atoms with Gasteiger partial charge in [-0.05, 0) is 66.6 Å². The molecule has 1 unspecified atom stereocenters. The van der Waals surface area contributed by atoms with Gasteiger partial charge >= 0.3 is 0 Å². The molecule has 1 aliphatic heterocycles. The predicted octanol–water partition coefficient (Wildman–Crippen LogP) is 3.79. The van der Waals surface area contributed by atoms with Crippen molar-refractivity contribution in [2.75, 3.05) is 19.6 Å². The summed E-state index contributed by atoms with van der Waals surface area (Å²) in [7, 11) is 0. The van der Waals surface area contributed by atoms with E-state index >= 15 is 0 Å². The molecular formula is C16H26N2S. The molecule has 2 nitrogen and oxygen atoms in total. The Labute approximate surface area is 121 Å². The fourth-order valence-corrected chi connectivity index (χ4v) is 4.78. The minimum Gasteiger partial charge on any atom is -0.329 e. The number of nitrogens with zero attached hydrogens (tertiary/aromatic N) is 1. The molecule has 0 aromatic carbocycles. The molecule has 1 atom stereocenters. The number of hydrogen-bond donors (Lipinski definition) is 1. The molecule has 2 fully saturated rings. The van der Waals surface area contributed by atoms with Crippen LogP contribution in [-0.4, -0.2) is 24.5 Å². The lowest BCUT2D eigenvalue weighted by Crippen LogP contribution is -2.44. The van der Waals surface area contributed by atoms with Crippen LogP contribution >= 0.6 is 11.3 Å². The lowest BCUT2D eigenvalue weighted by molar-refractivity contribution is 0.0465. The summed E-state index contributed by atoms with van der Waals surface area (Å²) in [5.41, 5.74) is 8.15. The molecule has 3 heteroatoms. The van der Waals surface area contributed by atoms with Gasteiger partial charge in [0.15, 0.2) is 0 Å².